The van der Waals surface area contributed by atoms with E-state index in [1.54, 1.807) is 64.0 Å². The molecule has 2 aromatic carbocycles. The number of benzene rings is 2. The molecule has 0 aliphatic rings. The molecule has 0 aliphatic heterocycles. The maximum atomic E-state index is 15.0. The SMILES string of the molecule is CCC(=O)[C@@](C[C@H](C)N(C)C)(c1ccccc1C)c1c(F)c(F)cc(F)c1F. The predicted molar refractivity (Wildman–Crippen MR) is 101 cm³/mol. The van der Waals surface area contributed by atoms with Crippen molar-refractivity contribution in [3.63, 3.8) is 0 Å². The van der Waals surface area contributed by atoms with E-state index < -0.39 is 40.0 Å². The number of hydrogen-bond acceptors (Lipinski definition) is 2. The van der Waals surface area contributed by atoms with Gasteiger partial charge in [-0.05, 0) is 45.5 Å². The highest BCUT2D eigenvalue weighted by molar-refractivity contribution is 5.94. The van der Waals surface area contributed by atoms with Gasteiger partial charge in [0.1, 0.15) is 5.78 Å². The lowest BCUT2D eigenvalue weighted by Gasteiger charge is -2.38. The minimum Gasteiger partial charge on any atom is -0.307 e. The highest BCUT2D eigenvalue weighted by Crippen LogP contribution is 2.44. The number of carbonyl (C=O) groups is 1. The van der Waals surface area contributed by atoms with Gasteiger partial charge in [0, 0.05) is 24.1 Å². The Morgan fingerprint density at radius 1 is 1.07 bits per heavy atom. The van der Waals surface area contributed by atoms with Gasteiger partial charge in [-0.3, -0.25) is 4.79 Å². The zero-order valence-electron chi connectivity index (χ0n) is 16.7. The molecule has 152 valence electrons. The van der Waals surface area contributed by atoms with Crippen LogP contribution in [0.5, 0.6) is 0 Å². The summed E-state index contributed by atoms with van der Waals surface area (Å²) in [5.41, 5.74) is -1.77. The highest BCUT2D eigenvalue weighted by Gasteiger charge is 2.48. The van der Waals surface area contributed by atoms with Crippen LogP contribution in [0.15, 0.2) is 30.3 Å². The fourth-order valence-electron chi connectivity index (χ4n) is 3.68. The third-order valence-electron chi connectivity index (χ3n) is 5.42. The third-order valence-corrected chi connectivity index (χ3v) is 5.42. The molecule has 2 atom stereocenters. The summed E-state index contributed by atoms with van der Waals surface area (Å²) < 4.78 is 58.2. The van der Waals surface area contributed by atoms with Gasteiger partial charge in [0.2, 0.25) is 0 Å². The Labute approximate surface area is 163 Å². The average molecular weight is 395 g/mol. The number of aryl methyl sites for hydroxylation is 1. The number of ketones is 1. The summed E-state index contributed by atoms with van der Waals surface area (Å²) in [7, 11) is 3.53. The zero-order valence-corrected chi connectivity index (χ0v) is 16.7. The van der Waals surface area contributed by atoms with E-state index >= 15 is 0 Å². The van der Waals surface area contributed by atoms with Crippen LogP contribution in [0.1, 0.15) is 43.4 Å². The lowest BCUT2D eigenvalue weighted by Crippen LogP contribution is -2.45. The Kier molecular flexibility index (Phi) is 6.65. The first-order valence-electron chi connectivity index (χ1n) is 9.17. The summed E-state index contributed by atoms with van der Waals surface area (Å²) in [6.45, 7) is 5.07. The molecule has 0 heterocycles. The minimum atomic E-state index is -1.86. The molecular weight excluding hydrogens is 370 g/mol. The quantitative estimate of drug-likeness (QED) is 0.477. The molecule has 0 N–H and O–H groups in total. The van der Waals surface area contributed by atoms with Crippen LogP contribution in [0, 0.1) is 30.2 Å². The van der Waals surface area contributed by atoms with Crippen LogP contribution >= 0.6 is 0 Å². The van der Waals surface area contributed by atoms with E-state index in [1.807, 2.05) is 0 Å². The molecule has 0 amide bonds. The molecule has 2 nitrogen and oxygen atoms in total. The van der Waals surface area contributed by atoms with Gasteiger partial charge < -0.3 is 4.90 Å². The van der Waals surface area contributed by atoms with Crippen LogP contribution < -0.4 is 0 Å². The van der Waals surface area contributed by atoms with Crippen molar-refractivity contribution in [1.82, 2.24) is 4.90 Å². The molecule has 2 rings (SSSR count). The van der Waals surface area contributed by atoms with E-state index in [0.29, 0.717) is 11.1 Å². The van der Waals surface area contributed by atoms with Crippen molar-refractivity contribution in [2.24, 2.45) is 0 Å². The Balaban J connectivity index is 3.02. The van der Waals surface area contributed by atoms with Gasteiger partial charge in [-0.15, -0.1) is 0 Å². The van der Waals surface area contributed by atoms with Crippen LogP contribution in [-0.4, -0.2) is 30.8 Å². The first-order valence-corrected chi connectivity index (χ1v) is 9.17. The van der Waals surface area contributed by atoms with Gasteiger partial charge in [-0.25, -0.2) is 17.6 Å². The molecule has 0 aromatic heterocycles. The van der Waals surface area contributed by atoms with Crippen molar-refractivity contribution in [1.29, 1.82) is 0 Å². The van der Waals surface area contributed by atoms with Gasteiger partial charge in [-0.1, -0.05) is 31.2 Å². The number of hydrogen-bond donors (Lipinski definition) is 0. The normalized spacial score (nSPS) is 14.8. The maximum absolute atomic E-state index is 15.0. The fraction of sp³-hybridized carbons (Fsp3) is 0.409. The van der Waals surface area contributed by atoms with Gasteiger partial charge in [-0.2, -0.15) is 0 Å². The van der Waals surface area contributed by atoms with E-state index in [4.69, 9.17) is 0 Å². The second-order valence-corrected chi connectivity index (χ2v) is 7.36. The molecular formula is C22H25F4NO. The van der Waals surface area contributed by atoms with Crippen LogP contribution in [0.3, 0.4) is 0 Å². The number of Topliss-reactive ketones (excluding diaryl/α,β-unsaturated/α-hetero) is 1. The molecule has 0 bridgehead atoms. The standard InChI is InChI=1S/C22H25F4NO/c1-6-18(28)22(12-14(3)27(4)5,15-10-8-7-9-13(15)2)19-20(25)16(23)11-17(24)21(19)26/h7-11,14H,6,12H2,1-5H3/t14-,22+/m0/s1. The van der Waals surface area contributed by atoms with Gasteiger partial charge in [0.05, 0.1) is 5.41 Å². The van der Waals surface area contributed by atoms with Crippen LogP contribution in [0.4, 0.5) is 17.6 Å². The van der Waals surface area contributed by atoms with Crippen molar-refractivity contribution in [3.05, 3.63) is 70.3 Å². The van der Waals surface area contributed by atoms with E-state index in [9.17, 15) is 22.4 Å². The monoisotopic (exact) mass is 395 g/mol. The molecule has 6 heteroatoms. The molecule has 0 radical (unpaired) electrons. The smallest absolute Gasteiger partial charge is 0.166 e. The first-order chi connectivity index (χ1) is 13.1. The molecule has 0 unspecified atom stereocenters. The summed E-state index contributed by atoms with van der Waals surface area (Å²) in [5.74, 6) is -6.61. The van der Waals surface area contributed by atoms with E-state index in [2.05, 4.69) is 0 Å². The summed E-state index contributed by atoms with van der Waals surface area (Å²) in [6.07, 6.45) is -0.0836. The Morgan fingerprint density at radius 2 is 1.61 bits per heavy atom. The number of carbonyl (C=O) groups excluding carboxylic acids is 1. The van der Waals surface area contributed by atoms with Crippen LogP contribution in [0.2, 0.25) is 0 Å². The lowest BCUT2D eigenvalue weighted by atomic mass is 9.65. The second-order valence-electron chi connectivity index (χ2n) is 7.36. The summed E-state index contributed by atoms with van der Waals surface area (Å²) >= 11 is 0. The number of rotatable bonds is 7. The van der Waals surface area contributed by atoms with E-state index in [0.717, 1.165) is 0 Å². The van der Waals surface area contributed by atoms with Crippen molar-refractivity contribution in [3.8, 4) is 0 Å². The molecule has 0 saturated carbocycles. The molecule has 28 heavy (non-hydrogen) atoms. The molecule has 0 saturated heterocycles. The number of nitrogens with zero attached hydrogens (tertiary/aromatic N) is 1. The third kappa shape index (κ3) is 3.70. The molecule has 0 fully saturated rings. The zero-order chi connectivity index (χ0) is 21.2. The van der Waals surface area contributed by atoms with Crippen molar-refractivity contribution >= 4 is 5.78 Å². The van der Waals surface area contributed by atoms with Crippen molar-refractivity contribution in [2.75, 3.05) is 14.1 Å². The lowest BCUT2D eigenvalue weighted by molar-refractivity contribution is -0.123. The summed E-state index contributed by atoms with van der Waals surface area (Å²) in [5, 5.41) is 0. The molecule has 2 aromatic rings. The Hall–Kier alpha value is -2.21. The molecule has 0 spiro atoms. The average Bonchev–Trinajstić information content (AvgIpc) is 2.65. The van der Waals surface area contributed by atoms with E-state index in [1.165, 1.54) is 0 Å². The topological polar surface area (TPSA) is 20.3 Å². The molecule has 0 aliphatic carbocycles. The maximum Gasteiger partial charge on any atom is 0.166 e. The minimum absolute atomic E-state index is 0.0335. The predicted octanol–water partition coefficient (Wildman–Crippen LogP) is 5.16. The Morgan fingerprint density at radius 3 is 2.07 bits per heavy atom. The Bertz CT molecular complexity index is 855. The van der Waals surface area contributed by atoms with Crippen LogP contribution in [-0.2, 0) is 10.2 Å². The number of halogens is 4. The van der Waals surface area contributed by atoms with Crippen molar-refractivity contribution < 1.29 is 22.4 Å². The van der Waals surface area contributed by atoms with Crippen LogP contribution in [0.25, 0.3) is 0 Å². The van der Waals surface area contributed by atoms with Gasteiger partial charge >= 0.3 is 0 Å². The largest absolute Gasteiger partial charge is 0.307 e. The van der Waals surface area contributed by atoms with Crippen molar-refractivity contribution in [2.45, 2.75) is 45.1 Å². The van der Waals surface area contributed by atoms with Gasteiger partial charge in [0.15, 0.2) is 23.3 Å². The summed E-state index contributed by atoms with van der Waals surface area (Å²) in [4.78, 5) is 15.1. The highest BCUT2D eigenvalue weighted by atomic mass is 19.2. The van der Waals surface area contributed by atoms with Gasteiger partial charge in [0.25, 0.3) is 0 Å². The van der Waals surface area contributed by atoms with E-state index in [-0.39, 0.29) is 24.9 Å². The second kappa shape index (κ2) is 8.43. The first kappa shape index (κ1) is 22.1. The fourth-order valence-corrected chi connectivity index (χ4v) is 3.68. The summed E-state index contributed by atoms with van der Waals surface area (Å²) in [6, 6.07) is 6.54.